The highest BCUT2D eigenvalue weighted by atomic mass is 79.9. The highest BCUT2D eigenvalue weighted by Gasteiger charge is 2.34. The van der Waals surface area contributed by atoms with Crippen molar-refractivity contribution in [1.29, 1.82) is 0 Å². The smallest absolute Gasteiger partial charge is 0.0935 e. The summed E-state index contributed by atoms with van der Waals surface area (Å²) in [6, 6.07) is 6.25. The molecule has 0 amide bonds. The van der Waals surface area contributed by atoms with Crippen LogP contribution in [-0.4, -0.2) is 23.8 Å². The van der Waals surface area contributed by atoms with Gasteiger partial charge in [-0.1, -0.05) is 28.1 Å². The lowest BCUT2D eigenvalue weighted by atomic mass is 9.89. The number of hydrogen-bond donors (Lipinski definition) is 2. The van der Waals surface area contributed by atoms with Crippen LogP contribution >= 0.6 is 15.9 Å². The van der Waals surface area contributed by atoms with Crippen molar-refractivity contribution in [3.8, 4) is 0 Å². The van der Waals surface area contributed by atoms with Crippen LogP contribution in [0.4, 0.5) is 0 Å². The molecule has 1 aromatic rings. The molecular weight excluding hydrogens is 242 g/mol. The maximum Gasteiger partial charge on any atom is 0.0935 e. The largest absolute Gasteiger partial charge is 0.387 e. The van der Waals surface area contributed by atoms with Crippen LogP contribution < -0.4 is 5.32 Å². The van der Waals surface area contributed by atoms with E-state index in [0.717, 1.165) is 10.9 Å². The molecule has 2 rings (SSSR count). The maximum absolute atomic E-state index is 9.95. The number of hydrogen-bond acceptors (Lipinski definition) is 2. The molecule has 1 fully saturated rings. The zero-order valence-corrected chi connectivity index (χ0v) is 9.76. The highest BCUT2D eigenvalue weighted by Crippen LogP contribution is 2.22. The van der Waals surface area contributed by atoms with Crippen LogP contribution in [0.5, 0.6) is 0 Å². The molecule has 76 valence electrons. The number of aliphatic hydroxyl groups is 1. The van der Waals surface area contributed by atoms with Gasteiger partial charge in [-0.05, 0) is 24.1 Å². The van der Waals surface area contributed by atoms with Crippen LogP contribution in [0.25, 0.3) is 0 Å². The van der Waals surface area contributed by atoms with Gasteiger partial charge >= 0.3 is 0 Å². The van der Waals surface area contributed by atoms with Gasteiger partial charge in [0, 0.05) is 24.0 Å². The molecule has 1 saturated heterocycles. The lowest BCUT2D eigenvalue weighted by Crippen LogP contribution is -2.60. The van der Waals surface area contributed by atoms with Crippen molar-refractivity contribution >= 4 is 15.9 Å². The van der Waals surface area contributed by atoms with Crippen LogP contribution in [0.2, 0.25) is 0 Å². The van der Waals surface area contributed by atoms with Crippen LogP contribution in [-0.2, 0) is 6.42 Å². The Balaban J connectivity index is 2.13. The second kappa shape index (κ2) is 3.65. The standard InChI is InChI=1S/C11H14BrNO/c1-8-2-3-9(4-10(8)12)5-11(14)6-13-7-11/h2-4,13-14H,5-7H2,1H3. The molecule has 0 aromatic heterocycles. The van der Waals surface area contributed by atoms with Gasteiger partial charge in [0.1, 0.15) is 0 Å². The lowest BCUT2D eigenvalue weighted by Gasteiger charge is -2.37. The molecule has 0 saturated carbocycles. The zero-order chi connectivity index (χ0) is 10.2. The topological polar surface area (TPSA) is 32.3 Å². The summed E-state index contributed by atoms with van der Waals surface area (Å²) in [5, 5.41) is 13.0. The maximum atomic E-state index is 9.95. The molecule has 0 unspecified atom stereocenters. The van der Waals surface area contributed by atoms with Crippen molar-refractivity contribution in [3.05, 3.63) is 33.8 Å². The van der Waals surface area contributed by atoms with E-state index in [4.69, 9.17) is 0 Å². The van der Waals surface area contributed by atoms with E-state index in [1.807, 2.05) is 0 Å². The summed E-state index contributed by atoms with van der Waals surface area (Å²) in [7, 11) is 0. The van der Waals surface area contributed by atoms with Gasteiger partial charge in [0.15, 0.2) is 0 Å². The van der Waals surface area contributed by atoms with Gasteiger partial charge in [0.25, 0.3) is 0 Å². The van der Waals surface area contributed by atoms with Gasteiger partial charge in [-0.25, -0.2) is 0 Å². The van der Waals surface area contributed by atoms with E-state index in [9.17, 15) is 5.11 Å². The SMILES string of the molecule is Cc1ccc(CC2(O)CNC2)cc1Br. The first-order chi connectivity index (χ1) is 6.59. The quantitative estimate of drug-likeness (QED) is 0.843. The molecule has 2 nitrogen and oxygen atoms in total. The molecule has 0 radical (unpaired) electrons. The van der Waals surface area contributed by atoms with Crippen molar-refractivity contribution < 1.29 is 5.11 Å². The van der Waals surface area contributed by atoms with Gasteiger partial charge in [0.2, 0.25) is 0 Å². The average molecular weight is 256 g/mol. The molecule has 1 aromatic carbocycles. The Labute approximate surface area is 92.5 Å². The van der Waals surface area contributed by atoms with Crippen molar-refractivity contribution in [3.63, 3.8) is 0 Å². The first-order valence-corrected chi connectivity index (χ1v) is 5.56. The minimum Gasteiger partial charge on any atom is -0.387 e. The monoisotopic (exact) mass is 255 g/mol. The molecule has 14 heavy (non-hydrogen) atoms. The van der Waals surface area contributed by atoms with Crippen LogP contribution in [0.3, 0.4) is 0 Å². The van der Waals surface area contributed by atoms with Gasteiger partial charge in [0.05, 0.1) is 5.60 Å². The Bertz CT molecular complexity index is 347. The molecule has 0 atom stereocenters. The molecule has 2 N–H and O–H groups in total. The Hall–Kier alpha value is -0.380. The first-order valence-electron chi connectivity index (χ1n) is 4.77. The van der Waals surface area contributed by atoms with Crippen LogP contribution in [0.15, 0.2) is 22.7 Å². The third kappa shape index (κ3) is 2.00. The third-order valence-corrected chi connectivity index (χ3v) is 3.53. The average Bonchev–Trinajstić information content (AvgIpc) is 2.09. The number of β-amino-alcohol motifs (C(OH)–C–C–N with tert-alkyl or cyclic N) is 1. The molecule has 1 aliphatic rings. The predicted molar refractivity (Wildman–Crippen MR) is 60.4 cm³/mol. The van der Waals surface area contributed by atoms with Crippen LogP contribution in [0, 0.1) is 6.92 Å². The van der Waals surface area contributed by atoms with E-state index >= 15 is 0 Å². The molecular formula is C11H14BrNO. The molecule has 0 bridgehead atoms. The second-order valence-corrected chi connectivity index (χ2v) is 4.94. The fourth-order valence-corrected chi connectivity index (χ4v) is 2.09. The van der Waals surface area contributed by atoms with Gasteiger partial charge in [-0.15, -0.1) is 0 Å². The fraction of sp³-hybridized carbons (Fsp3) is 0.455. The Morgan fingerprint density at radius 1 is 1.50 bits per heavy atom. The summed E-state index contributed by atoms with van der Waals surface area (Å²) in [6.45, 7) is 3.48. The summed E-state index contributed by atoms with van der Waals surface area (Å²) < 4.78 is 1.12. The van der Waals surface area contributed by atoms with E-state index in [1.165, 1.54) is 11.1 Å². The molecule has 3 heteroatoms. The number of halogens is 1. The lowest BCUT2D eigenvalue weighted by molar-refractivity contribution is -0.00903. The van der Waals surface area contributed by atoms with Crippen molar-refractivity contribution in [2.45, 2.75) is 18.9 Å². The highest BCUT2D eigenvalue weighted by molar-refractivity contribution is 9.10. The summed E-state index contributed by atoms with van der Waals surface area (Å²) >= 11 is 3.50. The molecule has 0 spiro atoms. The van der Waals surface area contributed by atoms with E-state index in [-0.39, 0.29) is 0 Å². The summed E-state index contributed by atoms with van der Waals surface area (Å²) in [6.07, 6.45) is 0.735. The molecule has 0 aliphatic carbocycles. The second-order valence-electron chi connectivity index (χ2n) is 4.09. The Morgan fingerprint density at radius 3 is 2.71 bits per heavy atom. The van der Waals surface area contributed by atoms with Gasteiger partial charge < -0.3 is 10.4 Å². The number of rotatable bonds is 2. The summed E-state index contributed by atoms with van der Waals surface area (Å²) in [5.41, 5.74) is 1.90. The minimum absolute atomic E-state index is 0.519. The van der Waals surface area contributed by atoms with Crippen LogP contribution in [0.1, 0.15) is 11.1 Å². The van der Waals surface area contributed by atoms with Crippen molar-refractivity contribution in [2.75, 3.05) is 13.1 Å². The summed E-state index contributed by atoms with van der Waals surface area (Å²) in [5.74, 6) is 0. The van der Waals surface area contributed by atoms with E-state index in [0.29, 0.717) is 13.1 Å². The number of benzene rings is 1. The molecule has 1 heterocycles. The third-order valence-electron chi connectivity index (χ3n) is 2.68. The predicted octanol–water partition coefficient (Wildman–Crippen LogP) is 1.63. The number of nitrogens with one attached hydrogen (secondary N) is 1. The van der Waals surface area contributed by atoms with E-state index in [1.54, 1.807) is 0 Å². The Kier molecular flexibility index (Phi) is 2.64. The van der Waals surface area contributed by atoms with Crippen molar-refractivity contribution in [2.24, 2.45) is 0 Å². The minimum atomic E-state index is -0.519. The van der Waals surface area contributed by atoms with E-state index < -0.39 is 5.60 Å². The Morgan fingerprint density at radius 2 is 2.21 bits per heavy atom. The van der Waals surface area contributed by atoms with Crippen molar-refractivity contribution in [1.82, 2.24) is 5.32 Å². The zero-order valence-electron chi connectivity index (χ0n) is 8.18. The number of aryl methyl sites for hydroxylation is 1. The van der Waals surface area contributed by atoms with Gasteiger partial charge in [-0.3, -0.25) is 0 Å². The first kappa shape index (κ1) is 10.1. The normalized spacial score (nSPS) is 19.1. The van der Waals surface area contributed by atoms with E-state index in [2.05, 4.69) is 46.4 Å². The van der Waals surface area contributed by atoms with Gasteiger partial charge in [-0.2, -0.15) is 0 Å². The molecule has 1 aliphatic heterocycles. The summed E-state index contributed by atoms with van der Waals surface area (Å²) in [4.78, 5) is 0. The fourth-order valence-electron chi connectivity index (χ4n) is 1.66.